The molecule has 1 amide bonds. The zero-order valence-corrected chi connectivity index (χ0v) is 17.4. The second kappa shape index (κ2) is 9.44. The minimum absolute atomic E-state index is 0.0182. The van der Waals surface area contributed by atoms with Gasteiger partial charge in [-0.2, -0.15) is 5.10 Å². The Labute approximate surface area is 177 Å². The average molecular weight is 401 g/mol. The number of nitrogens with one attached hydrogen (secondary N) is 2. The van der Waals surface area contributed by atoms with Crippen LogP contribution in [0.2, 0.25) is 0 Å². The first-order valence-electron chi connectivity index (χ1n) is 10.6. The molecule has 0 saturated heterocycles. The molecule has 1 heterocycles. The Bertz CT molecular complexity index is 1000. The van der Waals surface area contributed by atoms with Gasteiger partial charge in [-0.25, -0.2) is 0 Å². The number of carbonyl (C=O) groups is 1. The molecule has 154 valence electrons. The van der Waals surface area contributed by atoms with E-state index in [9.17, 15) is 4.79 Å². The highest BCUT2D eigenvalue weighted by atomic mass is 16.1. The topological polar surface area (TPSA) is 59.0 Å². The van der Waals surface area contributed by atoms with Gasteiger partial charge in [0.25, 0.3) is 5.91 Å². The molecular weight excluding hydrogens is 372 g/mol. The van der Waals surface area contributed by atoms with E-state index in [0.717, 1.165) is 55.7 Å². The molecule has 30 heavy (non-hydrogen) atoms. The highest BCUT2D eigenvalue weighted by Crippen LogP contribution is 2.33. The van der Waals surface area contributed by atoms with Crippen LogP contribution in [0, 0.1) is 6.92 Å². The molecule has 0 unspecified atom stereocenters. The lowest BCUT2D eigenvalue weighted by molar-refractivity contribution is -0.113. The van der Waals surface area contributed by atoms with Crippen LogP contribution in [0.1, 0.15) is 36.8 Å². The third kappa shape index (κ3) is 4.98. The number of carbonyl (C=O) groups excluding carboxylic acids is 1. The van der Waals surface area contributed by atoms with E-state index in [1.54, 1.807) is 6.20 Å². The third-order valence-electron chi connectivity index (χ3n) is 5.51. The molecule has 4 rings (SSSR count). The van der Waals surface area contributed by atoms with E-state index in [-0.39, 0.29) is 5.91 Å². The van der Waals surface area contributed by atoms with Crippen LogP contribution in [0.3, 0.4) is 0 Å². The first kappa shape index (κ1) is 20.0. The van der Waals surface area contributed by atoms with Crippen molar-refractivity contribution in [2.75, 3.05) is 17.2 Å². The SMILES string of the molecule is Cc1ccc(C2=C(C(=O)Nc3ccc(NCCn4cccn4)cc3)CCCC2)cc1. The largest absolute Gasteiger partial charge is 0.383 e. The van der Waals surface area contributed by atoms with E-state index in [0.29, 0.717) is 0 Å². The molecule has 0 bridgehead atoms. The van der Waals surface area contributed by atoms with Crippen LogP contribution in [0.5, 0.6) is 0 Å². The van der Waals surface area contributed by atoms with Crippen LogP contribution < -0.4 is 10.6 Å². The van der Waals surface area contributed by atoms with Crippen molar-refractivity contribution in [1.82, 2.24) is 9.78 Å². The molecule has 2 aromatic carbocycles. The molecule has 1 aliphatic carbocycles. The fraction of sp³-hybridized carbons (Fsp3) is 0.280. The predicted octanol–water partition coefficient (Wildman–Crippen LogP) is 5.27. The van der Waals surface area contributed by atoms with Gasteiger partial charge in [0.05, 0.1) is 6.54 Å². The first-order valence-corrected chi connectivity index (χ1v) is 10.6. The van der Waals surface area contributed by atoms with E-state index in [4.69, 9.17) is 0 Å². The molecule has 0 fully saturated rings. The molecule has 1 aromatic heterocycles. The fourth-order valence-electron chi connectivity index (χ4n) is 3.85. The maximum absolute atomic E-state index is 13.0. The van der Waals surface area contributed by atoms with Crippen molar-refractivity contribution in [3.8, 4) is 0 Å². The monoisotopic (exact) mass is 400 g/mol. The van der Waals surface area contributed by atoms with Crippen LogP contribution in [0.4, 0.5) is 11.4 Å². The molecular formula is C25H28N4O. The van der Waals surface area contributed by atoms with Crippen LogP contribution >= 0.6 is 0 Å². The van der Waals surface area contributed by atoms with Gasteiger partial charge in [-0.05, 0) is 74.1 Å². The van der Waals surface area contributed by atoms with Crippen molar-refractivity contribution >= 4 is 22.9 Å². The maximum atomic E-state index is 13.0. The van der Waals surface area contributed by atoms with E-state index in [1.807, 2.05) is 41.2 Å². The van der Waals surface area contributed by atoms with E-state index >= 15 is 0 Å². The number of hydrogen-bond acceptors (Lipinski definition) is 3. The van der Waals surface area contributed by atoms with E-state index in [2.05, 4.69) is 46.9 Å². The third-order valence-corrected chi connectivity index (χ3v) is 5.51. The van der Waals surface area contributed by atoms with Gasteiger partial charge in [0, 0.05) is 35.9 Å². The van der Waals surface area contributed by atoms with Gasteiger partial charge in [0.1, 0.15) is 0 Å². The summed E-state index contributed by atoms with van der Waals surface area (Å²) in [6, 6.07) is 18.3. The molecule has 1 aliphatic rings. The Kier molecular flexibility index (Phi) is 6.28. The Morgan fingerprint density at radius 2 is 1.73 bits per heavy atom. The second-order valence-electron chi connectivity index (χ2n) is 7.76. The summed E-state index contributed by atoms with van der Waals surface area (Å²) in [6.07, 6.45) is 7.73. The summed E-state index contributed by atoms with van der Waals surface area (Å²) in [7, 11) is 0. The Balaban J connectivity index is 1.40. The number of allylic oxidation sites excluding steroid dienone is 1. The number of amides is 1. The summed E-state index contributed by atoms with van der Waals surface area (Å²) in [5.41, 5.74) is 6.36. The molecule has 0 saturated carbocycles. The molecule has 2 N–H and O–H groups in total. The van der Waals surface area contributed by atoms with Crippen LogP contribution in [-0.2, 0) is 11.3 Å². The maximum Gasteiger partial charge on any atom is 0.251 e. The van der Waals surface area contributed by atoms with Crippen molar-refractivity contribution in [3.63, 3.8) is 0 Å². The summed E-state index contributed by atoms with van der Waals surface area (Å²) in [5, 5.41) is 10.7. The predicted molar refractivity (Wildman–Crippen MR) is 122 cm³/mol. The zero-order valence-electron chi connectivity index (χ0n) is 17.4. The van der Waals surface area contributed by atoms with Crippen LogP contribution in [0.15, 0.2) is 72.6 Å². The molecule has 3 aromatic rings. The van der Waals surface area contributed by atoms with Gasteiger partial charge in [0.15, 0.2) is 0 Å². The number of hydrogen-bond donors (Lipinski definition) is 2. The Morgan fingerprint density at radius 1 is 1.00 bits per heavy atom. The van der Waals surface area contributed by atoms with Crippen molar-refractivity contribution in [2.45, 2.75) is 39.2 Å². The Hall–Kier alpha value is -3.34. The lowest BCUT2D eigenvalue weighted by Crippen LogP contribution is -2.18. The van der Waals surface area contributed by atoms with Gasteiger partial charge < -0.3 is 10.6 Å². The van der Waals surface area contributed by atoms with Crippen molar-refractivity contribution in [3.05, 3.63) is 83.7 Å². The van der Waals surface area contributed by atoms with Gasteiger partial charge >= 0.3 is 0 Å². The first-order chi connectivity index (χ1) is 14.7. The van der Waals surface area contributed by atoms with Crippen LogP contribution in [0.25, 0.3) is 5.57 Å². The zero-order chi connectivity index (χ0) is 20.8. The molecule has 0 atom stereocenters. The fourth-order valence-corrected chi connectivity index (χ4v) is 3.85. The van der Waals surface area contributed by atoms with Gasteiger partial charge in [-0.1, -0.05) is 29.8 Å². The number of anilines is 2. The van der Waals surface area contributed by atoms with E-state index in [1.165, 1.54) is 16.7 Å². The van der Waals surface area contributed by atoms with Gasteiger partial charge in [-0.3, -0.25) is 9.48 Å². The normalized spacial score (nSPS) is 13.9. The van der Waals surface area contributed by atoms with Gasteiger partial charge in [0.2, 0.25) is 0 Å². The quantitative estimate of drug-likeness (QED) is 0.568. The van der Waals surface area contributed by atoms with Crippen molar-refractivity contribution in [1.29, 1.82) is 0 Å². The molecule has 5 nitrogen and oxygen atoms in total. The number of aryl methyl sites for hydroxylation is 1. The van der Waals surface area contributed by atoms with Gasteiger partial charge in [-0.15, -0.1) is 0 Å². The summed E-state index contributed by atoms with van der Waals surface area (Å²) in [5.74, 6) is 0.0182. The second-order valence-corrected chi connectivity index (χ2v) is 7.76. The molecule has 5 heteroatoms. The highest BCUT2D eigenvalue weighted by Gasteiger charge is 2.20. The lowest BCUT2D eigenvalue weighted by Gasteiger charge is -2.20. The number of benzene rings is 2. The summed E-state index contributed by atoms with van der Waals surface area (Å²) in [6.45, 7) is 3.68. The van der Waals surface area contributed by atoms with Crippen LogP contribution in [-0.4, -0.2) is 22.2 Å². The summed E-state index contributed by atoms with van der Waals surface area (Å²) < 4.78 is 1.89. The summed E-state index contributed by atoms with van der Waals surface area (Å²) >= 11 is 0. The number of rotatable bonds is 7. The smallest absolute Gasteiger partial charge is 0.251 e. The van der Waals surface area contributed by atoms with Crippen molar-refractivity contribution < 1.29 is 4.79 Å². The standard InChI is InChI=1S/C25H28N4O/c1-19-7-9-20(10-8-19)23-5-2-3-6-24(23)25(30)28-22-13-11-21(12-14-22)26-16-18-29-17-4-15-27-29/h4,7-15,17,26H,2-3,5-6,16,18H2,1H3,(H,28,30). The lowest BCUT2D eigenvalue weighted by atomic mass is 9.86. The molecule has 0 spiro atoms. The number of aromatic nitrogens is 2. The Morgan fingerprint density at radius 3 is 2.47 bits per heavy atom. The minimum atomic E-state index is 0.0182. The van der Waals surface area contributed by atoms with Crippen molar-refractivity contribution in [2.24, 2.45) is 0 Å². The molecule has 0 aliphatic heterocycles. The summed E-state index contributed by atoms with van der Waals surface area (Å²) in [4.78, 5) is 13.0. The minimum Gasteiger partial charge on any atom is -0.383 e. The average Bonchev–Trinajstić information content (AvgIpc) is 3.29. The van der Waals surface area contributed by atoms with E-state index < -0.39 is 0 Å². The highest BCUT2D eigenvalue weighted by molar-refractivity contribution is 6.09. The number of nitrogens with zero attached hydrogens (tertiary/aromatic N) is 2. The molecule has 0 radical (unpaired) electrons.